The van der Waals surface area contributed by atoms with Crippen molar-refractivity contribution in [2.45, 2.75) is 12.5 Å². The second-order valence-corrected chi connectivity index (χ2v) is 3.93. The molecule has 2 rings (SSSR count). The van der Waals surface area contributed by atoms with E-state index in [0.29, 0.717) is 6.61 Å². The van der Waals surface area contributed by atoms with Crippen LogP contribution < -0.4 is 0 Å². The van der Waals surface area contributed by atoms with Gasteiger partial charge in [-0.1, -0.05) is 37.3 Å². The zero-order chi connectivity index (χ0) is 10.7. The maximum Gasteiger partial charge on any atom is 0.209 e. The number of benzene rings is 1. The number of hydrogen-bond donors (Lipinski definition) is 1. The topological polar surface area (TPSA) is 38.7 Å². The van der Waals surface area contributed by atoms with Gasteiger partial charge in [0.05, 0.1) is 13.2 Å². The maximum absolute atomic E-state index is 10.6. The molecule has 1 aliphatic rings. The Morgan fingerprint density at radius 1 is 1.27 bits per heavy atom. The van der Waals surface area contributed by atoms with E-state index in [9.17, 15) is 5.11 Å². The van der Waals surface area contributed by atoms with Crippen molar-refractivity contribution < 1.29 is 14.6 Å². The van der Waals surface area contributed by atoms with E-state index in [4.69, 9.17) is 9.47 Å². The lowest BCUT2D eigenvalue weighted by atomic mass is 9.83. The summed E-state index contributed by atoms with van der Waals surface area (Å²) in [6.45, 7) is 3.95. The van der Waals surface area contributed by atoms with E-state index in [1.54, 1.807) is 0 Å². The average molecular weight is 207 g/mol. The zero-order valence-corrected chi connectivity index (χ0v) is 8.72. The van der Waals surface area contributed by atoms with Crippen LogP contribution >= 0.6 is 0 Å². The first kappa shape index (κ1) is 10.6. The van der Waals surface area contributed by atoms with Gasteiger partial charge in [0, 0.05) is 5.92 Å². The minimum absolute atomic E-state index is 0.00125. The lowest BCUT2D eigenvalue weighted by Gasteiger charge is -2.31. The van der Waals surface area contributed by atoms with E-state index >= 15 is 0 Å². The molecule has 1 heterocycles. The van der Waals surface area contributed by atoms with Crippen molar-refractivity contribution in [1.82, 2.24) is 0 Å². The molecule has 0 aliphatic carbocycles. The highest BCUT2D eigenvalue weighted by Crippen LogP contribution is 2.32. The Morgan fingerprint density at radius 3 is 2.73 bits per heavy atom. The quantitative estimate of drug-likeness (QED) is 0.761. The molecular weight excluding hydrogens is 192 g/mol. The standard InChI is InChI=1S/C12H15O3/c1-10-7-14-9-15-8-12(10,13)11-5-3-2-4-6-11/h2-6,9-10,13H,7-8H2,1H3. The highest BCUT2D eigenvalue weighted by Gasteiger charge is 2.37. The fourth-order valence-electron chi connectivity index (χ4n) is 1.77. The van der Waals surface area contributed by atoms with Crippen molar-refractivity contribution in [2.75, 3.05) is 13.2 Å². The van der Waals surface area contributed by atoms with Crippen LogP contribution in [-0.2, 0) is 15.1 Å². The highest BCUT2D eigenvalue weighted by atomic mass is 16.7. The Labute approximate surface area is 89.6 Å². The summed E-state index contributed by atoms with van der Waals surface area (Å²) in [5.41, 5.74) is -0.0924. The van der Waals surface area contributed by atoms with E-state index in [1.807, 2.05) is 37.3 Å². The van der Waals surface area contributed by atoms with Gasteiger partial charge in [-0.15, -0.1) is 0 Å². The molecule has 0 spiro atoms. The van der Waals surface area contributed by atoms with E-state index < -0.39 is 5.60 Å². The van der Waals surface area contributed by atoms with Gasteiger partial charge in [-0.3, -0.25) is 0 Å². The third-order valence-corrected chi connectivity index (χ3v) is 2.87. The van der Waals surface area contributed by atoms with Crippen LogP contribution in [0, 0.1) is 12.7 Å². The summed E-state index contributed by atoms with van der Waals surface area (Å²) in [4.78, 5) is 0. The number of rotatable bonds is 1. The summed E-state index contributed by atoms with van der Waals surface area (Å²) >= 11 is 0. The lowest BCUT2D eigenvalue weighted by molar-refractivity contribution is -0.0595. The van der Waals surface area contributed by atoms with Gasteiger partial charge >= 0.3 is 0 Å². The van der Waals surface area contributed by atoms with Crippen molar-refractivity contribution in [2.24, 2.45) is 5.92 Å². The van der Waals surface area contributed by atoms with Crippen LogP contribution in [0.15, 0.2) is 30.3 Å². The molecule has 3 heteroatoms. The average Bonchev–Trinajstić information content (AvgIpc) is 2.44. The van der Waals surface area contributed by atoms with Gasteiger partial charge < -0.3 is 14.6 Å². The van der Waals surface area contributed by atoms with Crippen LogP contribution in [-0.4, -0.2) is 18.3 Å². The van der Waals surface area contributed by atoms with Gasteiger partial charge in [-0.25, -0.2) is 0 Å². The molecule has 1 radical (unpaired) electrons. The summed E-state index contributed by atoms with van der Waals surface area (Å²) in [5.74, 6) is -0.00125. The molecule has 81 valence electrons. The summed E-state index contributed by atoms with van der Waals surface area (Å²) in [7, 11) is 0. The smallest absolute Gasteiger partial charge is 0.209 e. The minimum atomic E-state index is -0.964. The molecular formula is C12H15O3. The van der Waals surface area contributed by atoms with Crippen molar-refractivity contribution in [1.29, 1.82) is 0 Å². The van der Waals surface area contributed by atoms with E-state index in [0.717, 1.165) is 5.56 Å². The Hall–Kier alpha value is -0.900. The van der Waals surface area contributed by atoms with Crippen LogP contribution in [0.1, 0.15) is 12.5 Å². The first-order valence-corrected chi connectivity index (χ1v) is 5.06. The van der Waals surface area contributed by atoms with Crippen molar-refractivity contribution in [3.05, 3.63) is 42.7 Å². The van der Waals surface area contributed by atoms with Gasteiger partial charge in [0.25, 0.3) is 0 Å². The van der Waals surface area contributed by atoms with Crippen LogP contribution in [0.5, 0.6) is 0 Å². The first-order valence-electron chi connectivity index (χ1n) is 5.06. The molecule has 1 fully saturated rings. The van der Waals surface area contributed by atoms with Crippen molar-refractivity contribution in [3.8, 4) is 0 Å². The summed E-state index contributed by atoms with van der Waals surface area (Å²) < 4.78 is 10.3. The Balaban J connectivity index is 2.30. The molecule has 0 amide bonds. The molecule has 0 saturated carbocycles. The Morgan fingerprint density at radius 2 is 2.00 bits per heavy atom. The third-order valence-electron chi connectivity index (χ3n) is 2.87. The third kappa shape index (κ3) is 2.04. The molecule has 0 bridgehead atoms. The van der Waals surface area contributed by atoms with E-state index in [2.05, 4.69) is 0 Å². The fourth-order valence-corrected chi connectivity index (χ4v) is 1.77. The summed E-state index contributed by atoms with van der Waals surface area (Å²) in [5, 5.41) is 10.6. The van der Waals surface area contributed by atoms with Gasteiger partial charge in [0.1, 0.15) is 5.60 Å². The summed E-state index contributed by atoms with van der Waals surface area (Å²) in [6.07, 6.45) is 0. The number of ether oxygens (including phenoxy) is 2. The second kappa shape index (κ2) is 4.31. The molecule has 1 N–H and O–H groups in total. The molecule has 1 aliphatic heterocycles. The van der Waals surface area contributed by atoms with E-state index in [1.165, 1.54) is 6.79 Å². The summed E-state index contributed by atoms with van der Waals surface area (Å²) in [6, 6.07) is 9.57. The molecule has 0 aromatic heterocycles. The minimum Gasteiger partial charge on any atom is -0.382 e. The van der Waals surface area contributed by atoms with E-state index in [-0.39, 0.29) is 12.5 Å². The predicted molar refractivity (Wildman–Crippen MR) is 55.7 cm³/mol. The maximum atomic E-state index is 10.6. The molecule has 3 nitrogen and oxygen atoms in total. The monoisotopic (exact) mass is 207 g/mol. The normalized spacial score (nSPS) is 32.3. The largest absolute Gasteiger partial charge is 0.382 e. The zero-order valence-electron chi connectivity index (χ0n) is 8.72. The number of aliphatic hydroxyl groups is 1. The van der Waals surface area contributed by atoms with Gasteiger partial charge in [0.2, 0.25) is 6.79 Å². The predicted octanol–water partition coefficient (Wildman–Crippen LogP) is 1.68. The molecule has 2 unspecified atom stereocenters. The van der Waals surface area contributed by atoms with Gasteiger partial charge in [-0.05, 0) is 5.56 Å². The Bertz CT molecular complexity index is 312. The lowest BCUT2D eigenvalue weighted by Crippen LogP contribution is -2.38. The van der Waals surface area contributed by atoms with Crippen LogP contribution in [0.4, 0.5) is 0 Å². The molecule has 15 heavy (non-hydrogen) atoms. The van der Waals surface area contributed by atoms with Crippen molar-refractivity contribution in [3.63, 3.8) is 0 Å². The van der Waals surface area contributed by atoms with Crippen LogP contribution in [0.3, 0.4) is 0 Å². The van der Waals surface area contributed by atoms with Crippen LogP contribution in [0.2, 0.25) is 0 Å². The second-order valence-electron chi connectivity index (χ2n) is 3.93. The highest BCUT2D eigenvalue weighted by molar-refractivity contribution is 5.23. The molecule has 1 aromatic carbocycles. The molecule has 1 aromatic rings. The first-order chi connectivity index (χ1) is 7.23. The van der Waals surface area contributed by atoms with Crippen LogP contribution in [0.25, 0.3) is 0 Å². The Kier molecular flexibility index (Phi) is 3.05. The SMILES string of the molecule is CC1CO[CH]OCC1(O)c1ccccc1. The number of hydrogen-bond acceptors (Lipinski definition) is 3. The molecule has 1 saturated heterocycles. The van der Waals surface area contributed by atoms with Gasteiger partial charge in [-0.2, -0.15) is 0 Å². The van der Waals surface area contributed by atoms with Crippen molar-refractivity contribution >= 4 is 0 Å². The molecule has 2 atom stereocenters. The van der Waals surface area contributed by atoms with Gasteiger partial charge in [0.15, 0.2) is 0 Å². The fraction of sp³-hybridized carbons (Fsp3) is 0.417.